The predicted molar refractivity (Wildman–Crippen MR) is 119 cm³/mol. The molecule has 172 valence electrons. The van der Waals surface area contributed by atoms with E-state index in [-0.39, 0.29) is 18.6 Å². The van der Waals surface area contributed by atoms with E-state index in [1.807, 2.05) is 32.3 Å². The maximum Gasteiger partial charge on any atom is 0.255 e. The summed E-state index contributed by atoms with van der Waals surface area (Å²) in [7, 11) is 7.08. The summed E-state index contributed by atoms with van der Waals surface area (Å²) in [5.41, 5.74) is 2.68. The lowest BCUT2D eigenvalue weighted by atomic mass is 9.95. The highest BCUT2D eigenvalue weighted by atomic mass is 16.7. The fourth-order valence-corrected chi connectivity index (χ4v) is 4.33. The number of fused-ring (bicyclic) bond motifs is 1. The molecule has 1 aromatic carbocycles. The number of rotatable bonds is 9. The van der Waals surface area contributed by atoms with Crippen molar-refractivity contribution in [2.45, 2.75) is 44.6 Å². The van der Waals surface area contributed by atoms with Crippen LogP contribution in [-0.2, 0) is 25.6 Å². The zero-order chi connectivity index (χ0) is 22.8. The molecule has 2 aliphatic rings. The number of benzene rings is 1. The molecular weight excluding hydrogens is 398 g/mol. The van der Waals surface area contributed by atoms with Crippen LogP contribution in [-0.4, -0.2) is 77.1 Å². The van der Waals surface area contributed by atoms with Gasteiger partial charge in [0.1, 0.15) is 12.6 Å². The Kier molecular flexibility index (Phi) is 10.1. The van der Waals surface area contributed by atoms with Gasteiger partial charge in [0.15, 0.2) is 6.29 Å². The highest BCUT2D eigenvalue weighted by Crippen LogP contribution is 2.35. The van der Waals surface area contributed by atoms with Gasteiger partial charge in [-0.3, -0.25) is 4.79 Å². The van der Waals surface area contributed by atoms with E-state index in [1.54, 1.807) is 19.1 Å². The van der Waals surface area contributed by atoms with Crippen LogP contribution >= 0.6 is 0 Å². The number of hydrogen-bond donors (Lipinski definition) is 1. The number of nitrogens with one attached hydrogen (secondary N) is 1. The number of anilines is 1. The largest absolute Gasteiger partial charge is 0.371 e. The Balaban J connectivity index is 0.00000107. The Hall–Kier alpha value is -2.29. The first kappa shape index (κ1) is 25.0. The second kappa shape index (κ2) is 12.5. The number of aldehydes is 2. The molecule has 1 N–H and O–H groups in total. The maximum absolute atomic E-state index is 12.8. The van der Waals surface area contributed by atoms with Gasteiger partial charge in [-0.05, 0) is 45.5 Å². The molecule has 8 heteroatoms. The summed E-state index contributed by atoms with van der Waals surface area (Å²) in [6.07, 6.45) is 3.90. The molecule has 1 saturated heterocycles. The van der Waals surface area contributed by atoms with E-state index in [4.69, 9.17) is 9.47 Å². The smallest absolute Gasteiger partial charge is 0.255 e. The summed E-state index contributed by atoms with van der Waals surface area (Å²) in [4.78, 5) is 38.9. The van der Waals surface area contributed by atoms with Crippen molar-refractivity contribution in [1.29, 1.82) is 0 Å². The third kappa shape index (κ3) is 5.90. The first-order valence-corrected chi connectivity index (χ1v) is 10.8. The Morgan fingerprint density at radius 2 is 1.81 bits per heavy atom. The highest BCUT2D eigenvalue weighted by molar-refractivity contribution is 6.01. The van der Waals surface area contributed by atoms with Crippen molar-refractivity contribution in [3.8, 4) is 0 Å². The van der Waals surface area contributed by atoms with Gasteiger partial charge in [-0.2, -0.15) is 0 Å². The number of hydrogen-bond acceptors (Lipinski definition) is 7. The molecule has 31 heavy (non-hydrogen) atoms. The zero-order valence-electron chi connectivity index (χ0n) is 19.0. The number of carbonyl (C=O) groups is 3. The zero-order valence-corrected chi connectivity index (χ0v) is 19.0. The minimum absolute atomic E-state index is 0.131. The van der Waals surface area contributed by atoms with Crippen LogP contribution in [0.2, 0.25) is 0 Å². The van der Waals surface area contributed by atoms with Gasteiger partial charge >= 0.3 is 0 Å². The van der Waals surface area contributed by atoms with E-state index in [1.165, 1.54) is 0 Å². The van der Waals surface area contributed by atoms with Gasteiger partial charge in [-0.1, -0.05) is 6.07 Å². The van der Waals surface area contributed by atoms with Gasteiger partial charge in [0.2, 0.25) is 0 Å². The van der Waals surface area contributed by atoms with Crippen LogP contribution < -0.4 is 10.2 Å². The summed E-state index contributed by atoms with van der Waals surface area (Å²) in [5, 5.41) is 2.75. The van der Waals surface area contributed by atoms with E-state index < -0.39 is 6.04 Å². The number of ether oxygens (including phenoxy) is 2. The van der Waals surface area contributed by atoms with E-state index in [9.17, 15) is 14.4 Å². The Morgan fingerprint density at radius 3 is 2.35 bits per heavy atom. The molecule has 2 aliphatic heterocycles. The van der Waals surface area contributed by atoms with Gasteiger partial charge in [-0.25, -0.2) is 0 Å². The molecule has 1 aromatic rings. The molecule has 2 heterocycles. The average Bonchev–Trinajstić information content (AvgIpc) is 3.13. The minimum atomic E-state index is -0.562. The minimum Gasteiger partial charge on any atom is -0.371 e. The summed E-state index contributed by atoms with van der Waals surface area (Å²) >= 11 is 0. The lowest BCUT2D eigenvalue weighted by Crippen LogP contribution is -2.39. The molecule has 1 unspecified atom stereocenters. The number of piperidine rings is 1. The van der Waals surface area contributed by atoms with Crippen LogP contribution in [0.1, 0.15) is 41.6 Å². The number of methoxy groups -OCH3 is 2. The number of nitrogens with zero attached hydrogens (tertiary/aromatic N) is 2. The SMILES string of the molecule is CNC.COC(OC)C1CCN(c2cccc3c2CN(C(C=O)CCC=O)C3=O)CC1. The molecule has 0 aromatic heterocycles. The molecule has 0 saturated carbocycles. The van der Waals surface area contributed by atoms with Crippen molar-refractivity contribution >= 4 is 24.2 Å². The van der Waals surface area contributed by atoms with Crippen molar-refractivity contribution in [2.24, 2.45) is 5.92 Å². The third-order valence-corrected chi connectivity index (χ3v) is 5.84. The molecular formula is C23H35N3O5. The summed E-state index contributed by atoms with van der Waals surface area (Å²) in [6, 6.07) is 5.20. The topological polar surface area (TPSA) is 88.2 Å². The molecule has 1 fully saturated rings. The average molecular weight is 434 g/mol. The van der Waals surface area contributed by atoms with Crippen LogP contribution in [0.4, 0.5) is 5.69 Å². The molecule has 0 bridgehead atoms. The lowest BCUT2D eigenvalue weighted by molar-refractivity contribution is -0.141. The second-order valence-corrected chi connectivity index (χ2v) is 7.85. The fourth-order valence-electron chi connectivity index (χ4n) is 4.33. The third-order valence-electron chi connectivity index (χ3n) is 5.84. The normalized spacial score (nSPS) is 17.3. The monoisotopic (exact) mass is 433 g/mol. The Morgan fingerprint density at radius 1 is 1.16 bits per heavy atom. The van der Waals surface area contributed by atoms with Gasteiger partial charge in [0, 0.05) is 63.0 Å². The van der Waals surface area contributed by atoms with Gasteiger partial charge in [0.25, 0.3) is 5.91 Å². The molecule has 0 aliphatic carbocycles. The molecule has 8 nitrogen and oxygen atoms in total. The van der Waals surface area contributed by atoms with E-state index in [0.29, 0.717) is 24.4 Å². The number of carbonyl (C=O) groups excluding carboxylic acids is 3. The molecule has 0 radical (unpaired) electrons. The van der Waals surface area contributed by atoms with Crippen molar-refractivity contribution in [3.63, 3.8) is 0 Å². The van der Waals surface area contributed by atoms with E-state index >= 15 is 0 Å². The van der Waals surface area contributed by atoms with Crippen LogP contribution in [0.25, 0.3) is 0 Å². The summed E-state index contributed by atoms with van der Waals surface area (Å²) < 4.78 is 10.8. The maximum atomic E-state index is 12.8. The van der Waals surface area contributed by atoms with Crippen LogP contribution in [0, 0.1) is 5.92 Å². The summed E-state index contributed by atoms with van der Waals surface area (Å²) in [6.45, 7) is 2.13. The number of amides is 1. The molecule has 0 spiro atoms. The Bertz CT molecular complexity index is 730. The molecule has 3 rings (SSSR count). The molecule has 1 amide bonds. The second-order valence-electron chi connectivity index (χ2n) is 7.85. The molecule has 1 atom stereocenters. The van der Waals surface area contributed by atoms with Crippen molar-refractivity contribution in [1.82, 2.24) is 10.2 Å². The highest BCUT2D eigenvalue weighted by Gasteiger charge is 2.35. The van der Waals surface area contributed by atoms with Crippen molar-refractivity contribution < 1.29 is 23.9 Å². The lowest BCUT2D eigenvalue weighted by Gasteiger charge is -2.37. The fraction of sp³-hybridized carbons (Fsp3) is 0.609. The van der Waals surface area contributed by atoms with Gasteiger partial charge < -0.3 is 34.2 Å². The standard InChI is InChI=1S/C21H28N2O5.C2H7N/c1-27-21(28-2)15-8-10-22(11-9-15)19-7-3-6-17-18(19)13-23(20(17)26)16(14-25)5-4-12-24;1-3-2/h3,6-7,12,14-16,21H,4-5,8-11,13H2,1-2H3;3H,1-2H3. The van der Waals surface area contributed by atoms with Crippen LogP contribution in [0.5, 0.6) is 0 Å². The quantitative estimate of drug-likeness (QED) is 0.470. The Labute approximate surface area is 184 Å². The van der Waals surface area contributed by atoms with Gasteiger partial charge in [-0.15, -0.1) is 0 Å². The van der Waals surface area contributed by atoms with Crippen LogP contribution in [0.3, 0.4) is 0 Å². The van der Waals surface area contributed by atoms with E-state index in [0.717, 1.165) is 49.8 Å². The predicted octanol–water partition coefficient (Wildman–Crippen LogP) is 1.86. The van der Waals surface area contributed by atoms with Crippen molar-refractivity contribution in [2.75, 3.05) is 46.3 Å². The van der Waals surface area contributed by atoms with Crippen LogP contribution in [0.15, 0.2) is 18.2 Å². The first-order valence-electron chi connectivity index (χ1n) is 10.8. The van der Waals surface area contributed by atoms with Crippen molar-refractivity contribution in [3.05, 3.63) is 29.3 Å². The first-order chi connectivity index (χ1) is 15.1. The summed E-state index contributed by atoms with van der Waals surface area (Å²) in [5.74, 6) is 0.220. The van der Waals surface area contributed by atoms with Gasteiger partial charge in [0.05, 0.1) is 6.04 Å². The van der Waals surface area contributed by atoms with E-state index in [2.05, 4.69) is 10.2 Å².